The van der Waals surface area contributed by atoms with Gasteiger partial charge in [-0.3, -0.25) is 4.68 Å². The summed E-state index contributed by atoms with van der Waals surface area (Å²) in [5, 5.41) is 4.31. The van der Waals surface area contributed by atoms with Gasteiger partial charge in [0.05, 0.1) is 6.20 Å². The van der Waals surface area contributed by atoms with Crippen LogP contribution in [0.4, 0.5) is 5.69 Å². The van der Waals surface area contributed by atoms with Gasteiger partial charge in [0.2, 0.25) is 0 Å². The molecule has 5 nitrogen and oxygen atoms in total. The average Bonchev–Trinajstić information content (AvgIpc) is 2.89. The maximum atomic E-state index is 5.95. The van der Waals surface area contributed by atoms with Gasteiger partial charge in [-0.1, -0.05) is 18.2 Å². The van der Waals surface area contributed by atoms with Crippen LogP contribution in [0.5, 0.6) is 0 Å². The summed E-state index contributed by atoms with van der Waals surface area (Å²) in [6.45, 7) is 0.549. The number of anilines is 1. The van der Waals surface area contributed by atoms with Gasteiger partial charge in [0.25, 0.3) is 0 Å². The Labute approximate surface area is 110 Å². The van der Waals surface area contributed by atoms with Gasteiger partial charge < -0.3 is 5.73 Å². The summed E-state index contributed by atoms with van der Waals surface area (Å²) in [5.74, 6) is 0.734. The first-order valence-electron chi connectivity index (χ1n) is 5.96. The fraction of sp³-hybridized carbons (Fsp3) is 0.0714. The monoisotopic (exact) mass is 251 g/mol. The molecule has 0 radical (unpaired) electrons. The van der Waals surface area contributed by atoms with Gasteiger partial charge in [-0.15, -0.1) is 0 Å². The van der Waals surface area contributed by atoms with Crippen LogP contribution in [0.1, 0.15) is 5.82 Å². The van der Waals surface area contributed by atoms with Crippen molar-refractivity contribution in [3.05, 3.63) is 60.9 Å². The third-order valence-corrected chi connectivity index (χ3v) is 2.83. The highest BCUT2D eigenvalue weighted by molar-refractivity contribution is 5.75. The number of para-hydroxylation sites is 1. The molecule has 0 atom stereocenters. The van der Waals surface area contributed by atoms with Crippen molar-refractivity contribution in [3.8, 4) is 11.1 Å². The molecular weight excluding hydrogens is 238 g/mol. The Hall–Kier alpha value is -2.69. The fourth-order valence-electron chi connectivity index (χ4n) is 1.91. The summed E-state index contributed by atoms with van der Waals surface area (Å²) in [5.41, 5.74) is 8.68. The van der Waals surface area contributed by atoms with E-state index in [4.69, 9.17) is 5.73 Å². The number of benzene rings is 1. The van der Waals surface area contributed by atoms with Crippen molar-refractivity contribution in [2.45, 2.75) is 6.54 Å². The Balaban J connectivity index is 1.86. The minimum atomic E-state index is 0.549. The van der Waals surface area contributed by atoms with Gasteiger partial charge in [-0.2, -0.15) is 5.10 Å². The number of nitrogens with two attached hydrogens (primary N) is 1. The second kappa shape index (κ2) is 4.89. The standard InChI is InChI=1S/C14H13N5/c15-13-5-2-1-4-12(13)11-8-18-19(9-11)10-14-16-6-3-7-17-14/h1-9H,10,15H2. The lowest BCUT2D eigenvalue weighted by molar-refractivity contribution is 0.655. The molecule has 94 valence electrons. The molecule has 0 saturated heterocycles. The van der Waals surface area contributed by atoms with E-state index in [1.807, 2.05) is 30.5 Å². The molecule has 3 aromatic rings. The summed E-state index contributed by atoms with van der Waals surface area (Å²) in [6, 6.07) is 9.54. The van der Waals surface area contributed by atoms with E-state index in [1.165, 1.54) is 0 Å². The summed E-state index contributed by atoms with van der Waals surface area (Å²) < 4.78 is 1.80. The first kappa shape index (κ1) is 11.4. The highest BCUT2D eigenvalue weighted by Crippen LogP contribution is 2.24. The number of nitrogens with zero attached hydrogens (tertiary/aromatic N) is 4. The molecule has 2 N–H and O–H groups in total. The summed E-state index contributed by atoms with van der Waals surface area (Å²) in [6.07, 6.45) is 7.19. The Morgan fingerprint density at radius 1 is 1.05 bits per heavy atom. The molecule has 5 heteroatoms. The highest BCUT2D eigenvalue weighted by Gasteiger charge is 2.05. The van der Waals surface area contributed by atoms with Crippen LogP contribution in [-0.2, 0) is 6.54 Å². The van der Waals surface area contributed by atoms with Crippen LogP contribution in [0.15, 0.2) is 55.1 Å². The van der Waals surface area contributed by atoms with E-state index >= 15 is 0 Å². The molecule has 0 amide bonds. The molecule has 0 unspecified atom stereocenters. The number of hydrogen-bond donors (Lipinski definition) is 1. The molecule has 0 aliphatic rings. The quantitative estimate of drug-likeness (QED) is 0.722. The highest BCUT2D eigenvalue weighted by atomic mass is 15.3. The normalized spacial score (nSPS) is 10.5. The van der Waals surface area contributed by atoms with E-state index in [2.05, 4.69) is 15.1 Å². The van der Waals surface area contributed by atoms with Gasteiger partial charge in [-0.05, 0) is 12.1 Å². The lowest BCUT2D eigenvalue weighted by Crippen LogP contribution is -2.03. The Kier molecular flexibility index (Phi) is 2.94. The van der Waals surface area contributed by atoms with Crippen molar-refractivity contribution in [3.63, 3.8) is 0 Å². The van der Waals surface area contributed by atoms with Crippen LogP contribution < -0.4 is 5.73 Å². The van der Waals surface area contributed by atoms with E-state index in [0.29, 0.717) is 6.54 Å². The van der Waals surface area contributed by atoms with Gasteiger partial charge in [0.15, 0.2) is 0 Å². The lowest BCUT2D eigenvalue weighted by Gasteiger charge is -2.01. The van der Waals surface area contributed by atoms with E-state index in [-0.39, 0.29) is 0 Å². The number of nitrogen functional groups attached to an aromatic ring is 1. The van der Waals surface area contributed by atoms with Crippen molar-refractivity contribution in [1.29, 1.82) is 0 Å². The molecule has 0 aliphatic carbocycles. The molecule has 2 aromatic heterocycles. The van der Waals surface area contributed by atoms with Crippen LogP contribution in [0.2, 0.25) is 0 Å². The molecule has 0 fully saturated rings. The van der Waals surface area contributed by atoms with Gasteiger partial charge >= 0.3 is 0 Å². The number of rotatable bonds is 3. The third-order valence-electron chi connectivity index (χ3n) is 2.83. The summed E-state index contributed by atoms with van der Waals surface area (Å²) in [7, 11) is 0. The fourth-order valence-corrected chi connectivity index (χ4v) is 1.91. The van der Waals surface area contributed by atoms with Crippen molar-refractivity contribution in [2.24, 2.45) is 0 Å². The largest absolute Gasteiger partial charge is 0.398 e. The minimum absolute atomic E-state index is 0.549. The maximum Gasteiger partial charge on any atom is 0.149 e. The number of aromatic nitrogens is 4. The van der Waals surface area contributed by atoms with Crippen LogP contribution in [0.3, 0.4) is 0 Å². The zero-order valence-corrected chi connectivity index (χ0v) is 10.3. The Bertz CT molecular complexity index is 675. The third kappa shape index (κ3) is 2.44. The molecule has 0 bridgehead atoms. The Morgan fingerprint density at radius 3 is 2.63 bits per heavy atom. The second-order valence-electron chi connectivity index (χ2n) is 4.18. The van der Waals surface area contributed by atoms with Crippen molar-refractivity contribution < 1.29 is 0 Å². The molecule has 0 aliphatic heterocycles. The first-order chi connectivity index (χ1) is 9.33. The average molecular weight is 251 g/mol. The lowest BCUT2D eigenvalue weighted by atomic mass is 10.1. The second-order valence-corrected chi connectivity index (χ2v) is 4.18. The molecular formula is C14H13N5. The smallest absolute Gasteiger partial charge is 0.149 e. The first-order valence-corrected chi connectivity index (χ1v) is 5.96. The van der Waals surface area contributed by atoms with Gasteiger partial charge in [0, 0.05) is 35.4 Å². The molecule has 19 heavy (non-hydrogen) atoms. The van der Waals surface area contributed by atoms with Crippen LogP contribution in [0, 0.1) is 0 Å². The molecule has 0 spiro atoms. The molecule has 2 heterocycles. The predicted octanol–water partition coefficient (Wildman–Crippen LogP) is 1.97. The maximum absolute atomic E-state index is 5.95. The predicted molar refractivity (Wildman–Crippen MR) is 73.2 cm³/mol. The van der Waals surface area contributed by atoms with E-state index < -0.39 is 0 Å². The van der Waals surface area contributed by atoms with Crippen LogP contribution >= 0.6 is 0 Å². The SMILES string of the molecule is Nc1ccccc1-c1cnn(Cc2ncccn2)c1. The topological polar surface area (TPSA) is 69.6 Å². The number of hydrogen-bond acceptors (Lipinski definition) is 4. The zero-order chi connectivity index (χ0) is 13.1. The van der Waals surface area contributed by atoms with Crippen LogP contribution in [0.25, 0.3) is 11.1 Å². The van der Waals surface area contributed by atoms with Crippen molar-refractivity contribution in [1.82, 2.24) is 19.7 Å². The van der Waals surface area contributed by atoms with Crippen LogP contribution in [-0.4, -0.2) is 19.7 Å². The molecule has 0 saturated carbocycles. The van der Waals surface area contributed by atoms with Gasteiger partial charge in [0.1, 0.15) is 12.4 Å². The molecule has 1 aromatic carbocycles. The van der Waals surface area contributed by atoms with E-state index in [9.17, 15) is 0 Å². The van der Waals surface area contributed by atoms with Crippen molar-refractivity contribution in [2.75, 3.05) is 5.73 Å². The summed E-state index contributed by atoms with van der Waals surface area (Å²) >= 11 is 0. The van der Waals surface area contributed by atoms with E-state index in [1.54, 1.807) is 29.3 Å². The van der Waals surface area contributed by atoms with E-state index in [0.717, 1.165) is 22.6 Å². The minimum Gasteiger partial charge on any atom is -0.398 e. The van der Waals surface area contributed by atoms with Crippen molar-refractivity contribution >= 4 is 5.69 Å². The zero-order valence-electron chi connectivity index (χ0n) is 10.3. The summed E-state index contributed by atoms with van der Waals surface area (Å²) in [4.78, 5) is 8.35. The molecule has 3 rings (SSSR count). The Morgan fingerprint density at radius 2 is 1.84 bits per heavy atom. The van der Waals surface area contributed by atoms with Gasteiger partial charge in [-0.25, -0.2) is 9.97 Å².